The van der Waals surface area contributed by atoms with Crippen LogP contribution < -0.4 is 10.6 Å². The van der Waals surface area contributed by atoms with Crippen molar-refractivity contribution < 1.29 is 19.1 Å². The van der Waals surface area contributed by atoms with Crippen molar-refractivity contribution in [2.45, 2.75) is 6.42 Å². The summed E-state index contributed by atoms with van der Waals surface area (Å²) >= 11 is 1.38. The molecule has 1 aromatic carbocycles. The molecule has 8 nitrogen and oxygen atoms in total. The van der Waals surface area contributed by atoms with Gasteiger partial charge in [0.2, 0.25) is 5.91 Å². The van der Waals surface area contributed by atoms with Crippen LogP contribution in [0.3, 0.4) is 0 Å². The quantitative estimate of drug-likeness (QED) is 0.577. The first-order chi connectivity index (χ1) is 15.1. The van der Waals surface area contributed by atoms with Crippen LogP contribution in [0.1, 0.15) is 26.5 Å². The third kappa shape index (κ3) is 6.88. The molecule has 1 aromatic heterocycles. The molecule has 2 N–H and O–H groups in total. The van der Waals surface area contributed by atoms with Crippen molar-refractivity contribution >= 4 is 34.7 Å². The van der Waals surface area contributed by atoms with E-state index in [4.69, 9.17) is 4.74 Å². The number of ether oxygens (including phenoxy) is 1. The van der Waals surface area contributed by atoms with E-state index in [-0.39, 0.29) is 17.7 Å². The van der Waals surface area contributed by atoms with Gasteiger partial charge in [-0.3, -0.25) is 19.3 Å². The Morgan fingerprint density at radius 3 is 2.45 bits per heavy atom. The predicted molar refractivity (Wildman–Crippen MR) is 121 cm³/mol. The van der Waals surface area contributed by atoms with Crippen molar-refractivity contribution in [1.82, 2.24) is 15.1 Å². The van der Waals surface area contributed by atoms with Gasteiger partial charge in [0, 0.05) is 57.7 Å². The molecular weight excluding hydrogens is 416 g/mol. The zero-order chi connectivity index (χ0) is 22.1. The minimum Gasteiger partial charge on any atom is -0.385 e. The maximum atomic E-state index is 12.8. The fraction of sp³-hybridized carbons (Fsp3) is 0.409. The predicted octanol–water partition coefficient (Wildman–Crippen LogP) is 1.91. The zero-order valence-electron chi connectivity index (χ0n) is 17.6. The second-order valence-electron chi connectivity index (χ2n) is 7.27. The van der Waals surface area contributed by atoms with E-state index in [1.54, 1.807) is 42.3 Å². The lowest BCUT2D eigenvalue weighted by Crippen LogP contribution is -2.51. The smallest absolute Gasteiger partial charge is 0.265 e. The number of nitrogens with one attached hydrogen (secondary N) is 2. The monoisotopic (exact) mass is 444 g/mol. The van der Waals surface area contributed by atoms with Gasteiger partial charge in [-0.15, -0.1) is 11.3 Å². The number of anilines is 1. The van der Waals surface area contributed by atoms with Gasteiger partial charge >= 0.3 is 0 Å². The number of rotatable bonds is 9. The molecule has 1 aliphatic heterocycles. The largest absolute Gasteiger partial charge is 0.385 e. The fourth-order valence-electron chi connectivity index (χ4n) is 3.29. The first-order valence-corrected chi connectivity index (χ1v) is 11.2. The molecule has 0 radical (unpaired) electrons. The average Bonchev–Trinajstić information content (AvgIpc) is 3.33. The van der Waals surface area contributed by atoms with Crippen LogP contribution >= 0.6 is 11.3 Å². The number of hydrogen-bond acceptors (Lipinski definition) is 6. The molecular formula is C22H28N4O4S. The average molecular weight is 445 g/mol. The number of carbonyl (C=O) groups excluding carboxylic acids is 3. The standard InChI is InChI=1S/C22H28N4O4S/c1-30-14-3-9-23-20(27)16-25-10-12-26(13-11-25)22(29)17-5-7-18(8-6-17)24-21(28)19-4-2-15-31-19/h2,4-8,15H,3,9-14,16H2,1H3,(H,23,27)(H,24,28). The SMILES string of the molecule is COCCCNC(=O)CN1CCN(C(=O)c2ccc(NC(=O)c3cccs3)cc2)CC1. The Kier molecular flexibility index (Phi) is 8.57. The van der Waals surface area contributed by atoms with Gasteiger partial charge in [-0.1, -0.05) is 6.07 Å². The molecule has 1 fully saturated rings. The van der Waals surface area contributed by atoms with Crippen LogP contribution in [0.25, 0.3) is 0 Å². The van der Waals surface area contributed by atoms with E-state index in [0.29, 0.717) is 62.0 Å². The lowest BCUT2D eigenvalue weighted by molar-refractivity contribution is -0.122. The van der Waals surface area contributed by atoms with E-state index in [2.05, 4.69) is 15.5 Å². The number of methoxy groups -OCH3 is 1. The highest BCUT2D eigenvalue weighted by molar-refractivity contribution is 7.12. The van der Waals surface area contributed by atoms with Gasteiger partial charge in [-0.2, -0.15) is 0 Å². The summed E-state index contributed by atoms with van der Waals surface area (Å²) in [4.78, 5) is 41.4. The molecule has 166 valence electrons. The van der Waals surface area contributed by atoms with Crippen molar-refractivity contribution in [3.05, 3.63) is 52.2 Å². The molecule has 0 unspecified atom stereocenters. The van der Waals surface area contributed by atoms with Crippen LogP contribution in [0.15, 0.2) is 41.8 Å². The molecule has 1 aliphatic rings. The normalized spacial score (nSPS) is 14.3. The van der Waals surface area contributed by atoms with E-state index in [9.17, 15) is 14.4 Å². The number of hydrogen-bond donors (Lipinski definition) is 2. The third-order valence-electron chi connectivity index (χ3n) is 5.01. The fourth-order valence-corrected chi connectivity index (χ4v) is 3.91. The Hall–Kier alpha value is -2.75. The zero-order valence-corrected chi connectivity index (χ0v) is 18.5. The molecule has 2 aromatic rings. The van der Waals surface area contributed by atoms with Gasteiger partial charge in [0.1, 0.15) is 0 Å². The summed E-state index contributed by atoms with van der Waals surface area (Å²) in [5, 5.41) is 7.57. The van der Waals surface area contributed by atoms with Crippen LogP contribution in [-0.4, -0.2) is 80.5 Å². The van der Waals surface area contributed by atoms with E-state index in [1.165, 1.54) is 11.3 Å². The minimum absolute atomic E-state index is 0.00364. The molecule has 0 saturated carbocycles. The minimum atomic E-state index is -0.159. The lowest BCUT2D eigenvalue weighted by atomic mass is 10.1. The maximum Gasteiger partial charge on any atom is 0.265 e. The second kappa shape index (κ2) is 11.6. The Labute approximate surface area is 186 Å². The van der Waals surface area contributed by atoms with Crippen LogP contribution in [-0.2, 0) is 9.53 Å². The summed E-state index contributed by atoms with van der Waals surface area (Å²) in [5.41, 5.74) is 1.23. The van der Waals surface area contributed by atoms with E-state index >= 15 is 0 Å². The molecule has 0 bridgehead atoms. The van der Waals surface area contributed by atoms with Crippen LogP contribution in [0, 0.1) is 0 Å². The Balaban J connectivity index is 1.43. The van der Waals surface area contributed by atoms with Gasteiger partial charge in [0.25, 0.3) is 11.8 Å². The van der Waals surface area contributed by atoms with Crippen molar-refractivity contribution in [2.75, 3.05) is 58.3 Å². The van der Waals surface area contributed by atoms with Crippen LogP contribution in [0.4, 0.5) is 5.69 Å². The third-order valence-corrected chi connectivity index (χ3v) is 5.88. The molecule has 0 aliphatic carbocycles. The highest BCUT2D eigenvalue weighted by atomic mass is 32.1. The maximum absolute atomic E-state index is 12.8. The summed E-state index contributed by atoms with van der Waals surface area (Å²) in [7, 11) is 1.64. The Morgan fingerprint density at radius 1 is 1.06 bits per heavy atom. The van der Waals surface area contributed by atoms with Crippen molar-refractivity contribution in [3.63, 3.8) is 0 Å². The second-order valence-corrected chi connectivity index (χ2v) is 8.22. The molecule has 2 heterocycles. The van der Waals surface area contributed by atoms with Gasteiger partial charge in [0.15, 0.2) is 0 Å². The number of benzene rings is 1. The van der Waals surface area contributed by atoms with E-state index in [0.717, 1.165) is 6.42 Å². The van der Waals surface area contributed by atoms with Crippen molar-refractivity contribution in [1.29, 1.82) is 0 Å². The summed E-state index contributed by atoms with van der Waals surface area (Å²) in [6.07, 6.45) is 0.793. The van der Waals surface area contributed by atoms with Crippen molar-refractivity contribution in [3.8, 4) is 0 Å². The van der Waals surface area contributed by atoms with Crippen molar-refractivity contribution in [2.24, 2.45) is 0 Å². The van der Waals surface area contributed by atoms with Gasteiger partial charge in [-0.05, 0) is 42.1 Å². The Morgan fingerprint density at radius 2 is 1.81 bits per heavy atom. The summed E-state index contributed by atoms with van der Waals surface area (Å²) < 4.78 is 4.97. The molecule has 1 saturated heterocycles. The van der Waals surface area contributed by atoms with Crippen LogP contribution in [0.5, 0.6) is 0 Å². The summed E-state index contributed by atoms with van der Waals surface area (Å²) in [6, 6.07) is 10.5. The number of nitrogens with zero attached hydrogens (tertiary/aromatic N) is 2. The van der Waals surface area contributed by atoms with E-state index < -0.39 is 0 Å². The molecule has 3 rings (SSSR count). The molecule has 31 heavy (non-hydrogen) atoms. The topological polar surface area (TPSA) is 91.0 Å². The summed E-state index contributed by atoms with van der Waals surface area (Å²) in [5.74, 6) is -0.205. The molecule has 0 spiro atoms. The van der Waals surface area contributed by atoms with Gasteiger partial charge < -0.3 is 20.3 Å². The molecule has 9 heteroatoms. The van der Waals surface area contributed by atoms with Gasteiger partial charge in [0.05, 0.1) is 11.4 Å². The number of amides is 3. The van der Waals surface area contributed by atoms with Gasteiger partial charge in [-0.25, -0.2) is 0 Å². The lowest BCUT2D eigenvalue weighted by Gasteiger charge is -2.34. The first kappa shape index (κ1) is 22.9. The number of piperazine rings is 1. The van der Waals surface area contributed by atoms with Crippen LogP contribution in [0.2, 0.25) is 0 Å². The first-order valence-electron chi connectivity index (χ1n) is 10.3. The highest BCUT2D eigenvalue weighted by Gasteiger charge is 2.23. The summed E-state index contributed by atoms with van der Waals surface area (Å²) in [6.45, 7) is 4.04. The molecule has 0 atom stereocenters. The highest BCUT2D eigenvalue weighted by Crippen LogP contribution is 2.16. The molecule has 3 amide bonds. The van der Waals surface area contributed by atoms with E-state index in [1.807, 2.05) is 11.4 Å². The number of carbonyl (C=O) groups is 3. The number of thiophene rings is 1. The Bertz CT molecular complexity index is 862.